The zero-order valence-electron chi connectivity index (χ0n) is 11.5. The molecular formula is C14H17N3O2S. The molecule has 6 heteroatoms. The Morgan fingerprint density at radius 1 is 1.35 bits per heavy atom. The summed E-state index contributed by atoms with van der Waals surface area (Å²) in [5.74, 6) is 0.327. The number of ether oxygens (including phenoxy) is 2. The fourth-order valence-corrected chi connectivity index (χ4v) is 3.00. The molecule has 1 aliphatic rings. The lowest BCUT2D eigenvalue weighted by Crippen LogP contribution is -2.22. The molecule has 0 amide bonds. The predicted octanol–water partition coefficient (Wildman–Crippen LogP) is 2.51. The van der Waals surface area contributed by atoms with Crippen molar-refractivity contribution in [1.29, 1.82) is 0 Å². The van der Waals surface area contributed by atoms with Crippen molar-refractivity contribution in [2.24, 2.45) is 0 Å². The molecule has 3 rings (SSSR count). The molecule has 106 valence electrons. The van der Waals surface area contributed by atoms with Gasteiger partial charge in [0, 0.05) is 11.4 Å². The maximum Gasteiger partial charge on any atom is 0.195 e. The Morgan fingerprint density at radius 3 is 2.85 bits per heavy atom. The van der Waals surface area contributed by atoms with Crippen LogP contribution in [0.5, 0.6) is 0 Å². The van der Waals surface area contributed by atoms with Gasteiger partial charge in [0.2, 0.25) is 0 Å². The molecule has 1 aromatic heterocycles. The van der Waals surface area contributed by atoms with E-state index >= 15 is 0 Å². The van der Waals surface area contributed by atoms with E-state index in [4.69, 9.17) is 9.47 Å². The summed E-state index contributed by atoms with van der Waals surface area (Å²) in [5.41, 5.74) is 1.06. The highest BCUT2D eigenvalue weighted by Crippen LogP contribution is 2.27. The van der Waals surface area contributed by atoms with Crippen LogP contribution in [-0.2, 0) is 9.47 Å². The predicted molar refractivity (Wildman–Crippen MR) is 77.0 cm³/mol. The van der Waals surface area contributed by atoms with Gasteiger partial charge in [-0.15, -0.1) is 10.2 Å². The topological polar surface area (TPSA) is 49.2 Å². The highest BCUT2D eigenvalue weighted by molar-refractivity contribution is 7.99. The lowest BCUT2D eigenvalue weighted by Gasteiger charge is -2.16. The van der Waals surface area contributed by atoms with Crippen molar-refractivity contribution in [3.8, 4) is 5.69 Å². The van der Waals surface area contributed by atoms with Crippen molar-refractivity contribution in [3.63, 3.8) is 0 Å². The van der Waals surface area contributed by atoms with E-state index in [-0.39, 0.29) is 6.10 Å². The molecule has 2 aromatic rings. The van der Waals surface area contributed by atoms with Crippen LogP contribution in [-0.4, -0.2) is 39.0 Å². The van der Waals surface area contributed by atoms with Crippen molar-refractivity contribution in [3.05, 3.63) is 36.7 Å². The van der Waals surface area contributed by atoms with Crippen LogP contribution in [0.1, 0.15) is 13.8 Å². The Kier molecular flexibility index (Phi) is 3.78. The van der Waals surface area contributed by atoms with Crippen molar-refractivity contribution in [1.82, 2.24) is 14.8 Å². The van der Waals surface area contributed by atoms with E-state index in [0.29, 0.717) is 6.61 Å². The van der Waals surface area contributed by atoms with Gasteiger partial charge < -0.3 is 9.47 Å². The molecule has 1 unspecified atom stereocenters. The largest absolute Gasteiger partial charge is 0.348 e. The molecule has 1 atom stereocenters. The number of thioether (sulfide) groups is 1. The molecule has 5 nitrogen and oxygen atoms in total. The number of benzene rings is 1. The number of aromatic nitrogens is 3. The molecule has 0 bridgehead atoms. The fourth-order valence-electron chi connectivity index (χ4n) is 2.10. The minimum atomic E-state index is -0.474. The van der Waals surface area contributed by atoms with E-state index in [1.165, 1.54) is 0 Å². The zero-order chi connectivity index (χ0) is 14.0. The molecule has 1 aromatic carbocycles. The van der Waals surface area contributed by atoms with Gasteiger partial charge in [-0.1, -0.05) is 30.0 Å². The molecule has 20 heavy (non-hydrogen) atoms. The summed E-state index contributed by atoms with van der Waals surface area (Å²) < 4.78 is 13.3. The Hall–Kier alpha value is -1.37. The molecule has 1 fully saturated rings. The highest BCUT2D eigenvalue weighted by atomic mass is 32.2. The van der Waals surface area contributed by atoms with Crippen LogP contribution >= 0.6 is 11.8 Å². The van der Waals surface area contributed by atoms with E-state index in [1.807, 2.05) is 48.7 Å². The van der Waals surface area contributed by atoms with Crippen molar-refractivity contribution >= 4 is 11.8 Å². The van der Waals surface area contributed by atoms with Gasteiger partial charge in [-0.2, -0.15) is 0 Å². The van der Waals surface area contributed by atoms with Crippen LogP contribution in [0.2, 0.25) is 0 Å². The van der Waals surface area contributed by atoms with Gasteiger partial charge in [0.25, 0.3) is 0 Å². The normalized spacial score (nSPS) is 21.2. The zero-order valence-corrected chi connectivity index (χ0v) is 12.3. The molecule has 0 aliphatic carbocycles. The molecular weight excluding hydrogens is 274 g/mol. The molecule has 0 radical (unpaired) electrons. The van der Waals surface area contributed by atoms with Gasteiger partial charge in [-0.3, -0.25) is 4.57 Å². The van der Waals surface area contributed by atoms with Crippen LogP contribution in [0.4, 0.5) is 0 Å². The van der Waals surface area contributed by atoms with Crippen LogP contribution in [0.15, 0.2) is 41.8 Å². The second kappa shape index (κ2) is 5.55. The average Bonchev–Trinajstić information content (AvgIpc) is 3.03. The van der Waals surface area contributed by atoms with E-state index < -0.39 is 5.79 Å². The molecule has 0 saturated carbocycles. The first-order valence-electron chi connectivity index (χ1n) is 6.54. The third-order valence-corrected chi connectivity index (χ3v) is 4.09. The van der Waals surface area contributed by atoms with E-state index in [2.05, 4.69) is 10.2 Å². The van der Waals surface area contributed by atoms with Gasteiger partial charge in [0.15, 0.2) is 10.9 Å². The average molecular weight is 291 g/mol. The van der Waals surface area contributed by atoms with E-state index in [1.54, 1.807) is 18.1 Å². The summed E-state index contributed by atoms with van der Waals surface area (Å²) in [5, 5.41) is 9.03. The minimum Gasteiger partial charge on any atom is -0.348 e. The highest BCUT2D eigenvalue weighted by Gasteiger charge is 2.32. The molecule has 2 heterocycles. The number of rotatable bonds is 4. The van der Waals surface area contributed by atoms with Crippen molar-refractivity contribution in [2.45, 2.75) is 30.9 Å². The van der Waals surface area contributed by atoms with Crippen LogP contribution in [0.25, 0.3) is 5.69 Å². The second-order valence-corrected chi connectivity index (χ2v) is 6.07. The summed E-state index contributed by atoms with van der Waals surface area (Å²) in [7, 11) is 0. The Balaban J connectivity index is 1.66. The van der Waals surface area contributed by atoms with Gasteiger partial charge in [0.1, 0.15) is 6.33 Å². The first kappa shape index (κ1) is 13.6. The number of para-hydroxylation sites is 1. The smallest absolute Gasteiger partial charge is 0.195 e. The maximum atomic E-state index is 5.79. The Labute approximate surface area is 122 Å². The summed E-state index contributed by atoms with van der Waals surface area (Å²) in [4.78, 5) is 0. The SMILES string of the molecule is CC1(C)OCC(CSc2nncn2-c2ccccc2)O1. The Bertz CT molecular complexity index is 571. The monoisotopic (exact) mass is 291 g/mol. The molecule has 1 saturated heterocycles. The van der Waals surface area contributed by atoms with Crippen molar-refractivity contribution < 1.29 is 9.47 Å². The lowest BCUT2D eigenvalue weighted by atomic mass is 10.3. The van der Waals surface area contributed by atoms with Gasteiger partial charge in [0.05, 0.1) is 12.7 Å². The van der Waals surface area contributed by atoms with Crippen LogP contribution in [0, 0.1) is 0 Å². The third kappa shape index (κ3) is 3.03. The standard InChI is InChI=1S/C14H17N3O2S/c1-14(2)18-8-12(19-14)9-20-13-16-15-10-17(13)11-6-4-3-5-7-11/h3-7,10,12H,8-9H2,1-2H3. The minimum absolute atomic E-state index is 0.0934. The summed E-state index contributed by atoms with van der Waals surface area (Å²) in [6, 6.07) is 10.1. The van der Waals surface area contributed by atoms with Gasteiger partial charge >= 0.3 is 0 Å². The van der Waals surface area contributed by atoms with Crippen molar-refractivity contribution in [2.75, 3.05) is 12.4 Å². The molecule has 0 spiro atoms. The maximum absolute atomic E-state index is 5.79. The third-order valence-electron chi connectivity index (χ3n) is 3.02. The van der Waals surface area contributed by atoms with Crippen LogP contribution in [0.3, 0.4) is 0 Å². The second-order valence-electron chi connectivity index (χ2n) is 5.08. The van der Waals surface area contributed by atoms with Gasteiger partial charge in [-0.25, -0.2) is 0 Å². The number of hydrogen-bond acceptors (Lipinski definition) is 5. The lowest BCUT2D eigenvalue weighted by molar-refractivity contribution is -0.135. The van der Waals surface area contributed by atoms with E-state index in [9.17, 15) is 0 Å². The summed E-state index contributed by atoms with van der Waals surface area (Å²) in [6.07, 6.45) is 1.82. The van der Waals surface area contributed by atoms with Crippen LogP contribution < -0.4 is 0 Å². The first-order valence-corrected chi connectivity index (χ1v) is 7.53. The number of hydrogen-bond donors (Lipinski definition) is 0. The van der Waals surface area contributed by atoms with E-state index in [0.717, 1.165) is 16.6 Å². The molecule has 1 aliphatic heterocycles. The molecule has 0 N–H and O–H groups in total. The summed E-state index contributed by atoms with van der Waals surface area (Å²) >= 11 is 1.63. The van der Waals surface area contributed by atoms with Gasteiger partial charge in [-0.05, 0) is 26.0 Å². The quantitative estimate of drug-likeness (QED) is 0.810. The number of nitrogens with zero attached hydrogens (tertiary/aromatic N) is 3. The summed E-state index contributed by atoms with van der Waals surface area (Å²) in [6.45, 7) is 4.49. The fraction of sp³-hybridized carbons (Fsp3) is 0.429. The first-order chi connectivity index (χ1) is 9.64. The Morgan fingerprint density at radius 2 is 2.15 bits per heavy atom.